The van der Waals surface area contributed by atoms with Crippen LogP contribution in [-0.2, 0) is 9.46 Å². The Morgan fingerprint density at radius 3 is 1.40 bits per heavy atom. The summed E-state index contributed by atoms with van der Waals surface area (Å²) in [6.07, 6.45) is 7.07. The summed E-state index contributed by atoms with van der Waals surface area (Å²) in [6.45, 7) is 9.38. The number of piperidine rings is 2. The Labute approximate surface area is 125 Å². The summed E-state index contributed by atoms with van der Waals surface area (Å²) in [5, 5.41) is 0. The third kappa shape index (κ3) is 3.55. The van der Waals surface area contributed by atoms with Crippen LogP contribution in [0, 0.1) is 0 Å². The van der Waals surface area contributed by atoms with Crippen LogP contribution >= 0.6 is 7.42 Å². The van der Waals surface area contributed by atoms with Crippen LogP contribution in [0.3, 0.4) is 0 Å². The van der Waals surface area contributed by atoms with E-state index < -0.39 is 21.6 Å². The zero-order chi connectivity index (χ0) is 14.8. The summed E-state index contributed by atoms with van der Waals surface area (Å²) in [6, 6.07) is 0. The molecule has 2 heterocycles. The van der Waals surface area contributed by atoms with Crippen LogP contribution in [0.5, 0.6) is 0 Å². The van der Waals surface area contributed by atoms with Gasteiger partial charge in [0.1, 0.15) is 0 Å². The topological polar surface area (TPSA) is 40.6 Å². The van der Waals surface area contributed by atoms with E-state index in [2.05, 4.69) is 9.34 Å². The van der Waals surface area contributed by atoms with E-state index in [0.717, 1.165) is 51.9 Å². The number of rotatable bonds is 3. The van der Waals surface area contributed by atoms with Crippen LogP contribution in [-0.4, -0.2) is 48.7 Å². The van der Waals surface area contributed by atoms with Gasteiger partial charge in [-0.15, -0.1) is 0 Å². The molecule has 0 unspecified atom stereocenters. The highest BCUT2D eigenvalue weighted by atomic mass is 32.8. The van der Waals surface area contributed by atoms with Gasteiger partial charge >= 0.3 is 0 Å². The van der Waals surface area contributed by atoms with Crippen molar-refractivity contribution in [2.75, 3.05) is 26.2 Å². The first-order chi connectivity index (χ1) is 9.34. The Bertz CT molecular complexity index is 389. The van der Waals surface area contributed by atoms with Crippen molar-refractivity contribution in [3.8, 4) is 0 Å². The first-order valence-electron chi connectivity index (χ1n) is 7.88. The molecule has 0 aliphatic carbocycles. The van der Waals surface area contributed by atoms with E-state index in [9.17, 15) is 8.42 Å². The van der Waals surface area contributed by atoms with Crippen molar-refractivity contribution >= 4 is 16.9 Å². The summed E-state index contributed by atoms with van der Waals surface area (Å²) in [5.41, 5.74) is 0. The van der Waals surface area contributed by atoms with Crippen LogP contribution in [0.1, 0.15) is 59.3 Å². The van der Waals surface area contributed by atoms with E-state index in [0.29, 0.717) is 0 Å². The molecule has 6 heteroatoms. The summed E-state index contributed by atoms with van der Waals surface area (Å²) < 4.78 is 30.1. The van der Waals surface area contributed by atoms with Gasteiger partial charge in [0.05, 0.1) is 4.75 Å². The summed E-state index contributed by atoms with van der Waals surface area (Å²) in [4.78, 5) is 0. The number of hydrogen-bond donors (Lipinski definition) is 0. The maximum Gasteiger partial charge on any atom is 0.200 e. The van der Waals surface area contributed by atoms with Gasteiger partial charge in [-0.3, -0.25) is 9.34 Å². The lowest BCUT2D eigenvalue weighted by Gasteiger charge is -2.43. The molecule has 4 nitrogen and oxygen atoms in total. The SMILES string of the molecule is CC(C)(C)S(=O)(=O)P(N1CCCCC1)N1CCCCC1. The number of nitrogens with zero attached hydrogens (tertiary/aromatic N) is 2. The van der Waals surface area contributed by atoms with Crippen molar-refractivity contribution in [3.63, 3.8) is 0 Å². The fourth-order valence-electron chi connectivity index (χ4n) is 2.82. The average molecular weight is 320 g/mol. The molecule has 2 rings (SSSR count). The molecule has 0 N–H and O–H groups in total. The van der Waals surface area contributed by atoms with E-state index in [1.54, 1.807) is 0 Å². The maximum atomic E-state index is 13.1. The second-order valence-corrected chi connectivity index (χ2v) is 13.1. The summed E-state index contributed by atoms with van der Waals surface area (Å²) in [7, 11) is -4.31. The van der Waals surface area contributed by atoms with Gasteiger partial charge in [0.25, 0.3) is 0 Å². The first-order valence-corrected chi connectivity index (χ1v) is 11.2. The fraction of sp³-hybridized carbons (Fsp3) is 1.00. The molecule has 0 radical (unpaired) electrons. The van der Waals surface area contributed by atoms with Gasteiger partial charge in [-0.25, -0.2) is 8.42 Å². The predicted molar refractivity (Wildman–Crippen MR) is 86.4 cm³/mol. The summed E-state index contributed by atoms with van der Waals surface area (Å²) in [5.74, 6) is 0. The molecule has 0 saturated carbocycles. The van der Waals surface area contributed by atoms with E-state index in [-0.39, 0.29) is 0 Å². The van der Waals surface area contributed by atoms with Crippen LogP contribution in [0.15, 0.2) is 0 Å². The lowest BCUT2D eigenvalue weighted by Crippen LogP contribution is -2.42. The largest absolute Gasteiger partial charge is 0.257 e. The molecule has 0 atom stereocenters. The van der Waals surface area contributed by atoms with Gasteiger partial charge in [0, 0.05) is 26.2 Å². The minimum Gasteiger partial charge on any atom is -0.257 e. The second-order valence-electron chi connectivity index (χ2n) is 6.87. The van der Waals surface area contributed by atoms with Crippen molar-refractivity contribution in [2.45, 2.75) is 64.0 Å². The van der Waals surface area contributed by atoms with E-state index in [4.69, 9.17) is 0 Å². The molecule has 2 aliphatic heterocycles. The van der Waals surface area contributed by atoms with E-state index in [1.807, 2.05) is 20.8 Å². The van der Waals surface area contributed by atoms with Crippen LogP contribution in [0.4, 0.5) is 0 Å². The second kappa shape index (κ2) is 6.60. The van der Waals surface area contributed by atoms with Gasteiger partial charge in [-0.05, 0) is 46.5 Å². The quantitative estimate of drug-likeness (QED) is 0.747. The Hall–Kier alpha value is 0.300. The zero-order valence-corrected chi connectivity index (χ0v) is 14.8. The third-order valence-corrected chi connectivity index (χ3v) is 12.2. The molecular formula is C14H29N2O2PS. The lowest BCUT2D eigenvalue weighted by molar-refractivity contribution is 0.316. The monoisotopic (exact) mass is 320 g/mol. The maximum absolute atomic E-state index is 13.1. The smallest absolute Gasteiger partial charge is 0.200 e. The third-order valence-electron chi connectivity index (χ3n) is 4.14. The minimum absolute atomic E-state index is 0.659. The Morgan fingerprint density at radius 2 is 1.10 bits per heavy atom. The van der Waals surface area contributed by atoms with Gasteiger partial charge < -0.3 is 0 Å². The Kier molecular flexibility index (Phi) is 5.50. The average Bonchev–Trinajstić information content (AvgIpc) is 2.40. The van der Waals surface area contributed by atoms with Gasteiger partial charge in [0.15, 0.2) is 7.42 Å². The minimum atomic E-state index is -3.12. The van der Waals surface area contributed by atoms with Crippen molar-refractivity contribution in [2.24, 2.45) is 0 Å². The normalized spacial score (nSPS) is 24.2. The molecular weight excluding hydrogens is 291 g/mol. The van der Waals surface area contributed by atoms with Crippen LogP contribution < -0.4 is 0 Å². The highest BCUT2D eigenvalue weighted by Gasteiger charge is 2.44. The predicted octanol–water partition coefficient (Wildman–Crippen LogP) is 3.40. The molecule has 118 valence electrons. The zero-order valence-electron chi connectivity index (χ0n) is 13.1. The molecule has 20 heavy (non-hydrogen) atoms. The van der Waals surface area contributed by atoms with Crippen molar-refractivity contribution < 1.29 is 8.42 Å². The molecule has 0 spiro atoms. The van der Waals surface area contributed by atoms with Gasteiger partial charge in [-0.2, -0.15) is 0 Å². The molecule has 0 aromatic heterocycles. The van der Waals surface area contributed by atoms with Gasteiger partial charge in [-0.1, -0.05) is 12.8 Å². The molecule has 0 amide bonds. The first kappa shape index (κ1) is 16.7. The Balaban J connectivity index is 2.27. The highest BCUT2D eigenvalue weighted by Crippen LogP contribution is 2.56. The van der Waals surface area contributed by atoms with E-state index >= 15 is 0 Å². The Morgan fingerprint density at radius 1 is 0.750 bits per heavy atom. The highest BCUT2D eigenvalue weighted by molar-refractivity contribution is 8.49. The van der Waals surface area contributed by atoms with Crippen LogP contribution in [0.25, 0.3) is 0 Å². The lowest BCUT2D eigenvalue weighted by atomic mass is 10.2. The van der Waals surface area contributed by atoms with Crippen LogP contribution in [0.2, 0.25) is 0 Å². The van der Waals surface area contributed by atoms with Crippen molar-refractivity contribution in [1.29, 1.82) is 0 Å². The molecule has 0 aromatic carbocycles. The molecule has 0 bridgehead atoms. The van der Waals surface area contributed by atoms with Crippen molar-refractivity contribution in [1.82, 2.24) is 9.34 Å². The number of hydrogen-bond acceptors (Lipinski definition) is 4. The molecule has 2 aliphatic rings. The van der Waals surface area contributed by atoms with Gasteiger partial charge in [0.2, 0.25) is 9.46 Å². The summed E-state index contributed by atoms with van der Waals surface area (Å²) >= 11 is 0. The molecule has 0 aromatic rings. The van der Waals surface area contributed by atoms with E-state index in [1.165, 1.54) is 12.8 Å². The molecule has 2 saturated heterocycles. The molecule has 2 fully saturated rings. The standard InChI is InChI=1S/C14H29N2O2PS/c1-14(2,3)20(17,18)19(15-10-6-4-7-11-15)16-12-8-5-9-13-16/h4-13H2,1-3H3. The van der Waals surface area contributed by atoms with Crippen molar-refractivity contribution in [3.05, 3.63) is 0 Å². The fourth-order valence-corrected chi connectivity index (χ4v) is 9.80.